The van der Waals surface area contributed by atoms with Crippen LogP contribution in [0, 0.1) is 22.7 Å². The molecule has 3 heteroatoms. The molecule has 4 rings (SSSR count). The Morgan fingerprint density at radius 3 is 2.37 bits per heavy atom. The van der Waals surface area contributed by atoms with Crippen LogP contribution in [-0.4, -0.2) is 6.17 Å². The minimum Gasteiger partial charge on any atom is -0.247 e. The zero-order chi connectivity index (χ0) is 18.8. The molecule has 0 aromatic heterocycles. The second-order valence-corrected chi connectivity index (χ2v) is 7.19. The molecule has 0 spiro atoms. The summed E-state index contributed by atoms with van der Waals surface area (Å²) in [5, 5.41) is 21.2. The molecule has 0 unspecified atom stereocenters. The first kappa shape index (κ1) is 17.3. The van der Waals surface area contributed by atoms with Gasteiger partial charge in [-0.3, -0.25) is 0 Å². The molecule has 0 N–H and O–H groups in total. The maximum Gasteiger partial charge on any atom is 0.101 e. The third-order valence-electron chi connectivity index (χ3n) is 5.58. The van der Waals surface area contributed by atoms with Crippen molar-refractivity contribution < 1.29 is 4.39 Å². The molecule has 0 amide bonds. The van der Waals surface area contributed by atoms with Gasteiger partial charge in [0, 0.05) is 5.56 Å². The van der Waals surface area contributed by atoms with Crippen LogP contribution in [0.5, 0.6) is 0 Å². The molecule has 1 aliphatic carbocycles. The standard InChI is InChI=1S/C24H19FN2/c25-21-10-8-16(9-11-21)17-5-3-6-19(12-17)24-22-7-2-1-4-18(22)13-20(14-26)23(24)15-27/h1-7,12-13,16,21H,8-11H2. The lowest BCUT2D eigenvalue weighted by atomic mass is 9.81. The van der Waals surface area contributed by atoms with Gasteiger partial charge in [-0.15, -0.1) is 0 Å². The number of hydrogen-bond acceptors (Lipinski definition) is 2. The van der Waals surface area contributed by atoms with Crippen LogP contribution >= 0.6 is 0 Å². The molecule has 0 heterocycles. The fourth-order valence-corrected chi connectivity index (χ4v) is 4.19. The van der Waals surface area contributed by atoms with Crippen LogP contribution in [0.4, 0.5) is 4.39 Å². The zero-order valence-electron chi connectivity index (χ0n) is 15.0. The van der Waals surface area contributed by atoms with Gasteiger partial charge in [0.15, 0.2) is 0 Å². The second-order valence-electron chi connectivity index (χ2n) is 7.19. The van der Waals surface area contributed by atoms with Crippen molar-refractivity contribution >= 4 is 10.8 Å². The van der Waals surface area contributed by atoms with Crippen LogP contribution in [0.15, 0.2) is 54.6 Å². The molecule has 3 aromatic carbocycles. The number of halogens is 1. The number of fused-ring (bicyclic) bond motifs is 1. The first-order chi connectivity index (χ1) is 13.2. The Labute approximate surface area is 158 Å². The molecular formula is C24H19FN2. The van der Waals surface area contributed by atoms with Crippen molar-refractivity contribution in [2.45, 2.75) is 37.8 Å². The second kappa shape index (κ2) is 7.22. The lowest BCUT2D eigenvalue weighted by Crippen LogP contribution is -2.13. The van der Waals surface area contributed by atoms with Gasteiger partial charge in [0.05, 0.1) is 11.1 Å². The van der Waals surface area contributed by atoms with E-state index in [0.29, 0.717) is 29.9 Å². The zero-order valence-corrected chi connectivity index (χ0v) is 15.0. The molecule has 0 aliphatic heterocycles. The molecule has 1 aliphatic rings. The third kappa shape index (κ3) is 3.18. The lowest BCUT2D eigenvalue weighted by molar-refractivity contribution is 0.235. The summed E-state index contributed by atoms with van der Waals surface area (Å²) in [6, 6.07) is 22.2. The number of hydrogen-bond donors (Lipinski definition) is 0. The Balaban J connectivity index is 1.89. The average Bonchev–Trinajstić information content (AvgIpc) is 2.72. The highest BCUT2D eigenvalue weighted by Gasteiger charge is 2.23. The normalized spacial score (nSPS) is 19.4. The predicted molar refractivity (Wildman–Crippen MR) is 105 cm³/mol. The van der Waals surface area contributed by atoms with Crippen LogP contribution in [0.2, 0.25) is 0 Å². The first-order valence-corrected chi connectivity index (χ1v) is 9.31. The highest BCUT2D eigenvalue weighted by atomic mass is 19.1. The average molecular weight is 354 g/mol. The van der Waals surface area contributed by atoms with Crippen LogP contribution < -0.4 is 0 Å². The van der Waals surface area contributed by atoms with Gasteiger partial charge in [-0.25, -0.2) is 4.39 Å². The summed E-state index contributed by atoms with van der Waals surface area (Å²) in [5.41, 5.74) is 3.76. The van der Waals surface area contributed by atoms with E-state index in [-0.39, 0.29) is 0 Å². The molecule has 0 atom stereocenters. The lowest BCUT2D eigenvalue weighted by Gasteiger charge is -2.25. The van der Waals surface area contributed by atoms with Gasteiger partial charge in [0.25, 0.3) is 0 Å². The van der Waals surface area contributed by atoms with E-state index in [0.717, 1.165) is 34.7 Å². The fourth-order valence-electron chi connectivity index (χ4n) is 4.19. The Hall–Kier alpha value is -3.17. The molecule has 0 bridgehead atoms. The van der Waals surface area contributed by atoms with Crippen LogP contribution in [0.1, 0.15) is 48.3 Å². The van der Waals surface area contributed by atoms with Crippen molar-refractivity contribution in [3.8, 4) is 23.3 Å². The Bertz CT molecular complexity index is 1080. The van der Waals surface area contributed by atoms with Gasteiger partial charge in [-0.05, 0) is 59.6 Å². The molecule has 27 heavy (non-hydrogen) atoms. The van der Waals surface area contributed by atoms with Crippen molar-refractivity contribution in [1.29, 1.82) is 10.5 Å². The van der Waals surface area contributed by atoms with Crippen molar-refractivity contribution in [1.82, 2.24) is 0 Å². The maximum absolute atomic E-state index is 13.5. The Kier molecular flexibility index (Phi) is 4.61. The van der Waals surface area contributed by atoms with Crippen molar-refractivity contribution in [3.05, 3.63) is 71.3 Å². The van der Waals surface area contributed by atoms with Gasteiger partial charge in [0.2, 0.25) is 0 Å². The molecular weight excluding hydrogens is 335 g/mol. The van der Waals surface area contributed by atoms with E-state index in [2.05, 4.69) is 24.3 Å². The highest BCUT2D eigenvalue weighted by molar-refractivity contribution is 6.01. The summed E-state index contributed by atoms with van der Waals surface area (Å²) in [6.07, 6.45) is 2.27. The van der Waals surface area contributed by atoms with Gasteiger partial charge in [0.1, 0.15) is 18.3 Å². The minimum atomic E-state index is -0.675. The van der Waals surface area contributed by atoms with Crippen LogP contribution in [-0.2, 0) is 0 Å². The van der Waals surface area contributed by atoms with Crippen LogP contribution in [0.3, 0.4) is 0 Å². The molecule has 1 fully saturated rings. The van der Waals surface area contributed by atoms with Gasteiger partial charge >= 0.3 is 0 Å². The summed E-state index contributed by atoms with van der Waals surface area (Å²) in [7, 11) is 0. The number of benzene rings is 3. The summed E-state index contributed by atoms with van der Waals surface area (Å²) in [4.78, 5) is 0. The van der Waals surface area contributed by atoms with E-state index >= 15 is 0 Å². The van der Waals surface area contributed by atoms with Gasteiger partial charge < -0.3 is 0 Å². The van der Waals surface area contributed by atoms with Crippen molar-refractivity contribution in [2.24, 2.45) is 0 Å². The van der Waals surface area contributed by atoms with E-state index in [1.165, 1.54) is 5.56 Å². The monoisotopic (exact) mass is 354 g/mol. The summed E-state index contributed by atoms with van der Waals surface area (Å²) < 4.78 is 13.5. The molecule has 132 valence electrons. The van der Waals surface area contributed by atoms with Gasteiger partial charge in [-0.1, -0.05) is 48.5 Å². The summed E-state index contributed by atoms with van der Waals surface area (Å²) in [5.74, 6) is 0.355. The quantitative estimate of drug-likeness (QED) is 0.546. The van der Waals surface area contributed by atoms with Crippen molar-refractivity contribution in [2.75, 3.05) is 0 Å². The summed E-state index contributed by atoms with van der Waals surface area (Å²) in [6.45, 7) is 0. The topological polar surface area (TPSA) is 47.6 Å². The maximum atomic E-state index is 13.5. The summed E-state index contributed by atoms with van der Waals surface area (Å²) >= 11 is 0. The first-order valence-electron chi connectivity index (χ1n) is 9.31. The third-order valence-corrected chi connectivity index (χ3v) is 5.58. The number of nitrogens with zero attached hydrogens (tertiary/aromatic N) is 2. The molecule has 3 aromatic rings. The minimum absolute atomic E-state index is 0.355. The van der Waals surface area contributed by atoms with E-state index in [1.807, 2.05) is 36.4 Å². The number of rotatable bonds is 2. The number of nitriles is 2. The largest absolute Gasteiger partial charge is 0.247 e. The van der Waals surface area contributed by atoms with E-state index in [9.17, 15) is 14.9 Å². The molecule has 2 nitrogen and oxygen atoms in total. The van der Waals surface area contributed by atoms with Gasteiger partial charge in [-0.2, -0.15) is 10.5 Å². The van der Waals surface area contributed by atoms with E-state index in [1.54, 1.807) is 6.07 Å². The highest BCUT2D eigenvalue weighted by Crippen LogP contribution is 2.38. The molecule has 1 saturated carbocycles. The molecule has 0 radical (unpaired) electrons. The fraction of sp³-hybridized carbons (Fsp3) is 0.250. The smallest absolute Gasteiger partial charge is 0.101 e. The SMILES string of the molecule is N#Cc1cc2ccccc2c(-c2cccc(C3CCC(F)CC3)c2)c1C#N. The van der Waals surface area contributed by atoms with Crippen LogP contribution in [0.25, 0.3) is 21.9 Å². The van der Waals surface area contributed by atoms with E-state index in [4.69, 9.17) is 0 Å². The predicted octanol–water partition coefficient (Wildman–Crippen LogP) is 6.25. The number of alkyl halides is 1. The van der Waals surface area contributed by atoms with Crippen molar-refractivity contribution in [3.63, 3.8) is 0 Å². The van der Waals surface area contributed by atoms with E-state index < -0.39 is 6.17 Å². The Morgan fingerprint density at radius 1 is 0.852 bits per heavy atom. The molecule has 0 saturated heterocycles. The Morgan fingerprint density at radius 2 is 1.63 bits per heavy atom.